The minimum absolute atomic E-state index is 0.0656. The third-order valence-electron chi connectivity index (χ3n) is 5.58. The van der Waals surface area contributed by atoms with Crippen LogP contribution in [0.15, 0.2) is 42.6 Å². The molecule has 0 fully saturated rings. The van der Waals surface area contributed by atoms with Crippen molar-refractivity contribution < 1.29 is 51.4 Å². The molecule has 0 bridgehead atoms. The smallest absolute Gasteiger partial charge is 0.313 e. The summed E-state index contributed by atoms with van der Waals surface area (Å²) in [7, 11) is 0. The van der Waals surface area contributed by atoms with Crippen LogP contribution in [0.3, 0.4) is 0 Å². The number of Topliss-reactive ketones (excluding diaryl/α,β-unsaturated/α-hetero) is 1. The fourth-order valence-electron chi connectivity index (χ4n) is 3.46. The van der Waals surface area contributed by atoms with Gasteiger partial charge in [0.15, 0.2) is 23.2 Å². The summed E-state index contributed by atoms with van der Waals surface area (Å²) in [5, 5.41) is 16.2. The number of benzene rings is 2. The van der Waals surface area contributed by atoms with Crippen LogP contribution in [-0.4, -0.2) is 58.3 Å². The number of pyridine rings is 1. The molecule has 0 saturated heterocycles. The molecule has 1 heterocycles. The average Bonchev–Trinajstić information content (AvgIpc) is 2.93. The maximum Gasteiger partial charge on any atom is 0.313 e. The summed E-state index contributed by atoms with van der Waals surface area (Å²) in [6.45, 7) is -0.0438. The third-order valence-corrected chi connectivity index (χ3v) is 5.58. The van der Waals surface area contributed by atoms with Crippen molar-refractivity contribution in [3.05, 3.63) is 65.9 Å². The number of carboxylic acid groups (broad SMARTS) is 1. The molecule has 3 rings (SSSR count). The lowest BCUT2D eigenvalue weighted by Crippen LogP contribution is -2.52. The summed E-state index contributed by atoms with van der Waals surface area (Å²) in [5.41, 5.74) is 0.849. The molecule has 11 nitrogen and oxygen atoms in total. The average molecular weight is 578 g/mol. The van der Waals surface area contributed by atoms with Crippen LogP contribution in [0.5, 0.6) is 5.75 Å². The second-order valence-corrected chi connectivity index (χ2v) is 8.61. The van der Waals surface area contributed by atoms with Gasteiger partial charge in [0.25, 0.3) is 0 Å². The van der Waals surface area contributed by atoms with Gasteiger partial charge >= 0.3 is 17.8 Å². The van der Waals surface area contributed by atoms with E-state index in [1.807, 2.05) is 0 Å². The van der Waals surface area contributed by atoms with Crippen LogP contribution in [0, 0.1) is 23.3 Å². The van der Waals surface area contributed by atoms with Gasteiger partial charge in [-0.1, -0.05) is 18.2 Å². The van der Waals surface area contributed by atoms with Crippen molar-refractivity contribution >= 4 is 46.1 Å². The van der Waals surface area contributed by atoms with Gasteiger partial charge in [-0.25, -0.2) is 8.78 Å². The third kappa shape index (κ3) is 7.97. The first-order valence-electron chi connectivity index (χ1n) is 11.8. The van der Waals surface area contributed by atoms with Crippen molar-refractivity contribution in [3.63, 3.8) is 0 Å². The lowest BCUT2D eigenvalue weighted by molar-refractivity contribution is -0.139. The molecule has 216 valence electrons. The molecule has 0 aliphatic heterocycles. The van der Waals surface area contributed by atoms with Gasteiger partial charge in [0.1, 0.15) is 12.6 Å². The largest absolute Gasteiger partial charge is 0.481 e. The van der Waals surface area contributed by atoms with Crippen LogP contribution in [0.2, 0.25) is 0 Å². The number of hydrogen-bond donors (Lipinski definition) is 4. The second kappa shape index (κ2) is 13.3. The van der Waals surface area contributed by atoms with Crippen LogP contribution in [-0.2, 0) is 24.0 Å². The number of para-hydroxylation sites is 1. The number of rotatable bonds is 11. The molecule has 4 N–H and O–H groups in total. The molecule has 0 aliphatic carbocycles. The van der Waals surface area contributed by atoms with E-state index in [0.29, 0.717) is 10.9 Å². The number of nitrogens with one attached hydrogen (secondary N) is 3. The molecule has 15 heteroatoms. The first-order chi connectivity index (χ1) is 19.4. The number of anilines is 1. The predicted octanol–water partition coefficient (Wildman–Crippen LogP) is 2.23. The van der Waals surface area contributed by atoms with Gasteiger partial charge in [0, 0.05) is 17.9 Å². The fourth-order valence-corrected chi connectivity index (χ4v) is 3.46. The highest BCUT2D eigenvalue weighted by Crippen LogP contribution is 2.26. The first kappa shape index (κ1) is 30.5. The van der Waals surface area contributed by atoms with Crippen molar-refractivity contribution in [1.29, 1.82) is 0 Å². The number of aliphatic carboxylic acids is 1. The molecule has 0 saturated carbocycles. The summed E-state index contributed by atoms with van der Waals surface area (Å²) in [6, 6.07) is 5.47. The van der Waals surface area contributed by atoms with Crippen LogP contribution >= 0.6 is 0 Å². The Morgan fingerprint density at radius 2 is 1.61 bits per heavy atom. The minimum Gasteiger partial charge on any atom is -0.481 e. The van der Waals surface area contributed by atoms with Crippen LogP contribution in [0.4, 0.5) is 23.2 Å². The van der Waals surface area contributed by atoms with E-state index < -0.39 is 90.0 Å². The van der Waals surface area contributed by atoms with E-state index in [0.717, 1.165) is 6.92 Å². The number of carboxylic acids is 1. The second-order valence-electron chi connectivity index (χ2n) is 8.61. The number of amides is 3. The predicted molar refractivity (Wildman–Crippen MR) is 134 cm³/mol. The van der Waals surface area contributed by atoms with Crippen LogP contribution in [0.25, 0.3) is 10.9 Å². The van der Waals surface area contributed by atoms with Gasteiger partial charge in [-0.2, -0.15) is 8.78 Å². The van der Waals surface area contributed by atoms with Crippen molar-refractivity contribution in [1.82, 2.24) is 15.6 Å². The van der Waals surface area contributed by atoms with Crippen molar-refractivity contribution in [2.24, 2.45) is 0 Å². The van der Waals surface area contributed by atoms with Crippen LogP contribution < -0.4 is 20.7 Å². The SMILES string of the molecule is C[C@H](NC(=O)C(=O)Nc1cnc2ccccc2c1)C(=O)N[C@@H](CCC(=O)O)C(=O)COc1c(F)c(F)cc(F)c1F. The zero-order valence-corrected chi connectivity index (χ0v) is 21.2. The van der Waals surface area contributed by atoms with Gasteiger partial charge in [-0.3, -0.25) is 29.0 Å². The summed E-state index contributed by atoms with van der Waals surface area (Å²) >= 11 is 0. The molecule has 3 amide bonds. The van der Waals surface area contributed by atoms with E-state index in [4.69, 9.17) is 5.11 Å². The van der Waals surface area contributed by atoms with Gasteiger partial charge < -0.3 is 25.8 Å². The highest BCUT2D eigenvalue weighted by Gasteiger charge is 2.28. The summed E-state index contributed by atoms with van der Waals surface area (Å²) in [5.74, 6) is -14.8. The van der Waals surface area contributed by atoms with Gasteiger partial charge in [0.2, 0.25) is 17.5 Å². The molecule has 2 aromatic carbocycles. The van der Waals surface area contributed by atoms with Gasteiger partial charge in [-0.05, 0) is 25.5 Å². The van der Waals surface area contributed by atoms with Gasteiger partial charge in [0.05, 0.1) is 23.4 Å². The molecule has 0 unspecified atom stereocenters. The lowest BCUT2D eigenvalue weighted by Gasteiger charge is -2.20. The summed E-state index contributed by atoms with van der Waals surface area (Å²) < 4.78 is 59.0. The fraction of sp³-hybridized carbons (Fsp3) is 0.231. The molecule has 0 aliphatic rings. The maximum absolute atomic E-state index is 13.8. The van der Waals surface area contributed by atoms with Crippen molar-refractivity contribution in [2.75, 3.05) is 11.9 Å². The Labute approximate surface area is 228 Å². The molecule has 0 radical (unpaired) electrons. The standard InChI is InChI=1S/C26H22F4N4O7/c1-12(32-25(39)26(40)33-14-8-13-4-2-3-5-17(13)31-10-14)24(38)34-18(6-7-20(36)37)19(35)11-41-23-21(29)15(27)9-16(28)22(23)30/h2-5,8-10,12,18H,6-7,11H2,1H3,(H,32,39)(H,33,40)(H,34,38)(H,36,37)/t12-,18-/m0/s1. The number of ether oxygens (including phenoxy) is 1. The summed E-state index contributed by atoms with van der Waals surface area (Å²) in [6.07, 6.45) is 0.166. The Balaban J connectivity index is 1.61. The maximum atomic E-state index is 13.8. The number of carbonyl (C=O) groups is 5. The molecule has 0 spiro atoms. The molecular weight excluding hydrogens is 556 g/mol. The molecule has 2 atom stereocenters. The number of ketones is 1. The van der Waals surface area contributed by atoms with Crippen molar-refractivity contribution in [2.45, 2.75) is 31.8 Å². The Kier molecular flexibility index (Phi) is 9.90. The normalized spacial score (nSPS) is 12.2. The monoisotopic (exact) mass is 578 g/mol. The van der Waals surface area contributed by atoms with Gasteiger partial charge in [-0.15, -0.1) is 0 Å². The zero-order valence-electron chi connectivity index (χ0n) is 21.2. The molecule has 1 aromatic heterocycles. The summed E-state index contributed by atoms with van der Waals surface area (Å²) in [4.78, 5) is 64.9. The molecule has 3 aromatic rings. The Bertz CT molecular complexity index is 1490. The first-order valence-corrected chi connectivity index (χ1v) is 11.8. The topological polar surface area (TPSA) is 164 Å². The van der Waals surface area contributed by atoms with Crippen LogP contribution in [0.1, 0.15) is 19.8 Å². The Hall–Kier alpha value is -5.08. The number of carbonyl (C=O) groups excluding carboxylic acids is 4. The number of nitrogens with zero attached hydrogens (tertiary/aromatic N) is 1. The van der Waals surface area contributed by atoms with E-state index in [9.17, 15) is 41.5 Å². The number of aromatic nitrogens is 1. The van der Waals surface area contributed by atoms with E-state index >= 15 is 0 Å². The highest BCUT2D eigenvalue weighted by atomic mass is 19.2. The highest BCUT2D eigenvalue weighted by molar-refractivity contribution is 6.40. The Morgan fingerprint density at radius 1 is 0.951 bits per heavy atom. The van der Waals surface area contributed by atoms with E-state index in [-0.39, 0.29) is 11.8 Å². The van der Waals surface area contributed by atoms with E-state index in [1.165, 1.54) is 6.20 Å². The van der Waals surface area contributed by atoms with E-state index in [1.54, 1.807) is 30.3 Å². The minimum atomic E-state index is -1.91. The Morgan fingerprint density at radius 3 is 2.27 bits per heavy atom. The number of hydrogen-bond acceptors (Lipinski definition) is 7. The number of halogens is 4. The zero-order chi connectivity index (χ0) is 30.3. The lowest BCUT2D eigenvalue weighted by atomic mass is 10.1. The number of fused-ring (bicyclic) bond motifs is 1. The van der Waals surface area contributed by atoms with Crippen molar-refractivity contribution in [3.8, 4) is 5.75 Å². The molecule has 41 heavy (non-hydrogen) atoms. The quantitative estimate of drug-likeness (QED) is 0.153. The van der Waals surface area contributed by atoms with E-state index in [2.05, 4.69) is 25.7 Å². The molecular formula is C26H22F4N4O7.